The first-order chi connectivity index (χ1) is 6.45. The normalized spacial score (nSPS) is 10.8. The summed E-state index contributed by atoms with van der Waals surface area (Å²) >= 11 is 1.04. The summed E-state index contributed by atoms with van der Waals surface area (Å²) in [5, 5.41) is 15.6. The smallest absolute Gasteiger partial charge is 0.175 e. The highest BCUT2D eigenvalue weighted by Gasteiger charge is 2.22. The van der Waals surface area contributed by atoms with E-state index in [1.807, 2.05) is 20.8 Å². The minimum absolute atomic E-state index is 0.629. The summed E-state index contributed by atoms with van der Waals surface area (Å²) in [5.41, 5.74) is -0.0721. The molecule has 0 unspecified atom stereocenters. The molecule has 0 amide bonds. The Kier molecular flexibility index (Phi) is 5.26. The molecule has 0 saturated heterocycles. The summed E-state index contributed by atoms with van der Waals surface area (Å²) in [5.74, 6) is 0.718. The van der Waals surface area contributed by atoms with E-state index < -0.39 is 5.60 Å². The Labute approximate surface area is 89.8 Å². The van der Waals surface area contributed by atoms with E-state index >= 15 is 0 Å². The van der Waals surface area contributed by atoms with Gasteiger partial charge in [0.05, 0.1) is 5.60 Å². The lowest BCUT2D eigenvalue weighted by Gasteiger charge is -2.15. The Morgan fingerprint density at radius 1 is 1.43 bits per heavy atom. The first kappa shape index (κ1) is 13.5. The molecule has 0 spiro atoms. The average Bonchev–Trinajstić information content (AvgIpc) is 2.49. The molecule has 3 nitrogen and oxygen atoms in total. The summed E-state index contributed by atoms with van der Waals surface area (Å²) in [7, 11) is 0. The topological polar surface area (TPSA) is 59.4 Å². The van der Waals surface area contributed by atoms with E-state index in [2.05, 4.69) is 0 Å². The van der Waals surface area contributed by atoms with Crippen LogP contribution in [0.15, 0.2) is 15.6 Å². The minimum atomic E-state index is -0.860. The maximum atomic E-state index is 9.67. The molecule has 0 aromatic carbocycles. The third kappa shape index (κ3) is 3.36. The van der Waals surface area contributed by atoms with Gasteiger partial charge in [-0.15, -0.1) is 0 Å². The van der Waals surface area contributed by atoms with E-state index in [0.717, 1.165) is 23.3 Å². The van der Waals surface area contributed by atoms with Crippen LogP contribution in [0.25, 0.3) is 0 Å². The highest BCUT2D eigenvalue weighted by molar-refractivity contribution is 7.96. The largest absolute Gasteiger partial charge is 0.453 e. The number of rotatable bonds is 2. The van der Waals surface area contributed by atoms with Crippen molar-refractivity contribution in [3.05, 3.63) is 17.4 Å². The molecule has 0 bridgehead atoms. The Bertz CT molecular complexity index is 276. The molecule has 0 aliphatic heterocycles. The molecular weight excluding hydrogens is 198 g/mol. The predicted octanol–water partition coefficient (Wildman–Crippen LogP) is 2.81. The van der Waals surface area contributed by atoms with Crippen LogP contribution in [0.1, 0.15) is 39.0 Å². The Morgan fingerprint density at radius 3 is 2.14 bits per heavy atom. The lowest BCUT2D eigenvalue weighted by atomic mass is 10.00. The van der Waals surface area contributed by atoms with Crippen LogP contribution >= 0.6 is 11.9 Å². The molecule has 1 heterocycles. The highest BCUT2D eigenvalue weighted by Crippen LogP contribution is 2.29. The summed E-state index contributed by atoms with van der Waals surface area (Å²) in [4.78, 5) is 0. The SMILES string of the molecule is CC.Cc1oc(SN)cc1C(C)(C)O. The van der Waals surface area contributed by atoms with Crippen LogP contribution in [0, 0.1) is 6.92 Å². The molecule has 1 rings (SSSR count). The van der Waals surface area contributed by atoms with Crippen LogP contribution in [0.5, 0.6) is 0 Å². The summed E-state index contributed by atoms with van der Waals surface area (Å²) in [6.45, 7) is 9.25. The van der Waals surface area contributed by atoms with Gasteiger partial charge in [-0.1, -0.05) is 13.8 Å². The van der Waals surface area contributed by atoms with Crippen molar-refractivity contribution in [1.29, 1.82) is 0 Å². The molecule has 0 aliphatic carbocycles. The first-order valence-electron chi connectivity index (χ1n) is 4.65. The van der Waals surface area contributed by atoms with Crippen molar-refractivity contribution >= 4 is 11.9 Å². The second-order valence-corrected chi connectivity index (χ2v) is 3.85. The zero-order chi connectivity index (χ0) is 11.4. The number of aryl methyl sites for hydroxylation is 1. The monoisotopic (exact) mass is 217 g/mol. The molecule has 3 N–H and O–H groups in total. The Morgan fingerprint density at radius 2 is 1.93 bits per heavy atom. The Hall–Kier alpha value is -0.450. The van der Waals surface area contributed by atoms with Crippen LogP contribution in [0.4, 0.5) is 0 Å². The van der Waals surface area contributed by atoms with Crippen molar-refractivity contribution in [2.75, 3.05) is 0 Å². The van der Waals surface area contributed by atoms with E-state index in [1.54, 1.807) is 19.9 Å². The molecular formula is C10H19NO2S. The van der Waals surface area contributed by atoms with E-state index in [9.17, 15) is 5.11 Å². The van der Waals surface area contributed by atoms with Crippen molar-refractivity contribution in [2.24, 2.45) is 5.14 Å². The van der Waals surface area contributed by atoms with Gasteiger partial charge in [-0.3, -0.25) is 5.14 Å². The van der Waals surface area contributed by atoms with Gasteiger partial charge in [-0.25, -0.2) is 0 Å². The fourth-order valence-electron chi connectivity index (χ4n) is 1.12. The van der Waals surface area contributed by atoms with Crippen LogP contribution in [0.3, 0.4) is 0 Å². The lowest BCUT2D eigenvalue weighted by Crippen LogP contribution is -2.15. The molecule has 82 valence electrons. The average molecular weight is 217 g/mol. The summed E-state index contributed by atoms with van der Waals surface area (Å²) in [6, 6.07) is 1.76. The van der Waals surface area contributed by atoms with Crippen LogP contribution in [0.2, 0.25) is 0 Å². The molecule has 0 radical (unpaired) electrons. The molecule has 14 heavy (non-hydrogen) atoms. The molecule has 0 fully saturated rings. The molecule has 1 aromatic rings. The fourth-order valence-corrected chi connectivity index (χ4v) is 1.48. The van der Waals surface area contributed by atoms with Crippen molar-refractivity contribution < 1.29 is 9.52 Å². The van der Waals surface area contributed by atoms with Gasteiger partial charge in [-0.05, 0) is 38.8 Å². The number of aliphatic hydroxyl groups is 1. The fraction of sp³-hybridized carbons (Fsp3) is 0.600. The third-order valence-corrected chi connectivity index (χ3v) is 2.10. The third-order valence-electron chi connectivity index (χ3n) is 1.67. The molecule has 4 heteroatoms. The number of furan rings is 1. The van der Waals surface area contributed by atoms with E-state index in [0.29, 0.717) is 5.09 Å². The van der Waals surface area contributed by atoms with Gasteiger partial charge in [0.2, 0.25) is 0 Å². The van der Waals surface area contributed by atoms with Gasteiger partial charge in [-0.2, -0.15) is 0 Å². The second kappa shape index (κ2) is 5.44. The van der Waals surface area contributed by atoms with Crippen molar-refractivity contribution in [1.82, 2.24) is 0 Å². The Balaban J connectivity index is 0.000000791. The molecule has 1 aromatic heterocycles. The van der Waals surface area contributed by atoms with Crippen LogP contribution < -0.4 is 5.14 Å². The van der Waals surface area contributed by atoms with Gasteiger partial charge >= 0.3 is 0 Å². The van der Waals surface area contributed by atoms with Crippen LogP contribution in [-0.2, 0) is 5.60 Å². The highest BCUT2D eigenvalue weighted by atomic mass is 32.2. The van der Waals surface area contributed by atoms with E-state index in [4.69, 9.17) is 9.56 Å². The number of hydrogen-bond donors (Lipinski definition) is 2. The molecule has 0 saturated carbocycles. The zero-order valence-electron chi connectivity index (χ0n) is 9.42. The summed E-state index contributed by atoms with van der Waals surface area (Å²) < 4.78 is 5.27. The van der Waals surface area contributed by atoms with Gasteiger partial charge in [0.25, 0.3) is 0 Å². The second-order valence-electron chi connectivity index (χ2n) is 3.21. The van der Waals surface area contributed by atoms with Gasteiger partial charge in [0.1, 0.15) is 5.76 Å². The first-order valence-corrected chi connectivity index (χ1v) is 5.53. The lowest BCUT2D eigenvalue weighted by molar-refractivity contribution is 0.0770. The minimum Gasteiger partial charge on any atom is -0.453 e. The van der Waals surface area contributed by atoms with Crippen molar-refractivity contribution in [3.8, 4) is 0 Å². The van der Waals surface area contributed by atoms with Crippen LogP contribution in [-0.4, -0.2) is 5.11 Å². The predicted molar refractivity (Wildman–Crippen MR) is 60.1 cm³/mol. The standard InChI is InChI=1S/C8H13NO2S.C2H6/c1-5-6(8(2,3)10)4-7(11-5)12-9;1-2/h4,10H,9H2,1-3H3;1-2H3. The molecule has 0 atom stereocenters. The van der Waals surface area contributed by atoms with Crippen molar-refractivity contribution in [2.45, 2.75) is 45.3 Å². The number of nitrogens with two attached hydrogens (primary N) is 1. The molecule has 0 aliphatic rings. The zero-order valence-corrected chi connectivity index (χ0v) is 10.2. The maximum absolute atomic E-state index is 9.67. The van der Waals surface area contributed by atoms with E-state index in [1.165, 1.54) is 0 Å². The summed E-state index contributed by atoms with van der Waals surface area (Å²) in [6.07, 6.45) is 0. The maximum Gasteiger partial charge on any atom is 0.175 e. The van der Waals surface area contributed by atoms with Gasteiger partial charge < -0.3 is 9.52 Å². The van der Waals surface area contributed by atoms with Gasteiger partial charge in [0.15, 0.2) is 5.09 Å². The van der Waals surface area contributed by atoms with E-state index in [-0.39, 0.29) is 0 Å². The van der Waals surface area contributed by atoms with Gasteiger partial charge in [0, 0.05) is 5.56 Å². The quantitative estimate of drug-likeness (QED) is 0.748. The van der Waals surface area contributed by atoms with Crippen molar-refractivity contribution in [3.63, 3.8) is 0 Å². The number of hydrogen-bond acceptors (Lipinski definition) is 4.